The summed E-state index contributed by atoms with van der Waals surface area (Å²) < 4.78 is 2.87. The Balaban J connectivity index is 2.07. The van der Waals surface area contributed by atoms with E-state index in [1.807, 2.05) is 23.0 Å². The summed E-state index contributed by atoms with van der Waals surface area (Å²) in [4.78, 5) is 4.37. The number of nitrogens with two attached hydrogens (primary N) is 1. The summed E-state index contributed by atoms with van der Waals surface area (Å²) in [5.41, 5.74) is 8.46. The molecule has 0 aliphatic heterocycles. The van der Waals surface area contributed by atoms with Crippen LogP contribution in [0.3, 0.4) is 0 Å². The van der Waals surface area contributed by atoms with Gasteiger partial charge in [-0.1, -0.05) is 0 Å². The molecule has 1 atom stereocenters. The molecular formula is C12H13BrN4. The smallest absolute Gasteiger partial charge is 0.153 e. The third-order valence-corrected chi connectivity index (χ3v) is 3.63. The fourth-order valence-electron chi connectivity index (χ4n) is 2.28. The van der Waals surface area contributed by atoms with E-state index >= 15 is 0 Å². The van der Waals surface area contributed by atoms with E-state index in [9.17, 15) is 0 Å². The molecule has 0 radical (unpaired) electrons. The summed E-state index contributed by atoms with van der Waals surface area (Å²) in [6, 6.07) is 4.05. The Morgan fingerprint density at radius 2 is 2.24 bits per heavy atom. The summed E-state index contributed by atoms with van der Waals surface area (Å²) in [6.45, 7) is 0. The zero-order valence-electron chi connectivity index (χ0n) is 9.31. The highest BCUT2D eigenvalue weighted by Crippen LogP contribution is 2.28. The lowest BCUT2D eigenvalue weighted by Gasteiger charge is -2.19. The molecule has 3 rings (SSSR count). The van der Waals surface area contributed by atoms with E-state index < -0.39 is 0 Å². The van der Waals surface area contributed by atoms with Crippen LogP contribution < -0.4 is 5.73 Å². The van der Waals surface area contributed by atoms with Crippen LogP contribution in [0.15, 0.2) is 29.0 Å². The third kappa shape index (κ3) is 1.89. The van der Waals surface area contributed by atoms with Crippen molar-refractivity contribution in [1.29, 1.82) is 0 Å². The average molecular weight is 293 g/mol. The zero-order chi connectivity index (χ0) is 11.8. The molecule has 1 aliphatic rings. The van der Waals surface area contributed by atoms with Gasteiger partial charge >= 0.3 is 0 Å². The SMILES string of the molecule is NC1CCCc2c1cnn2-c1ccc(Br)cn1. The van der Waals surface area contributed by atoms with Gasteiger partial charge in [-0.25, -0.2) is 9.67 Å². The number of pyridine rings is 1. The van der Waals surface area contributed by atoms with Crippen LogP contribution in [-0.4, -0.2) is 14.8 Å². The molecule has 2 heterocycles. The van der Waals surface area contributed by atoms with Crippen molar-refractivity contribution in [2.24, 2.45) is 5.73 Å². The fourth-order valence-corrected chi connectivity index (χ4v) is 2.52. The quantitative estimate of drug-likeness (QED) is 0.878. The first-order valence-corrected chi connectivity index (χ1v) is 6.49. The highest BCUT2D eigenvalue weighted by molar-refractivity contribution is 9.10. The molecule has 17 heavy (non-hydrogen) atoms. The second kappa shape index (κ2) is 4.23. The van der Waals surface area contributed by atoms with Crippen LogP contribution >= 0.6 is 15.9 Å². The van der Waals surface area contributed by atoms with Crippen molar-refractivity contribution < 1.29 is 0 Å². The second-order valence-electron chi connectivity index (χ2n) is 4.29. The number of halogens is 1. The van der Waals surface area contributed by atoms with Gasteiger partial charge in [0.15, 0.2) is 5.82 Å². The third-order valence-electron chi connectivity index (χ3n) is 3.16. The standard InChI is InChI=1S/C12H13BrN4/c13-8-4-5-12(15-6-8)17-11-3-1-2-10(14)9(11)7-16-17/h4-7,10H,1-3,14H2. The molecule has 2 aromatic rings. The molecule has 1 aliphatic carbocycles. The minimum Gasteiger partial charge on any atom is -0.324 e. The maximum atomic E-state index is 6.08. The molecule has 0 saturated carbocycles. The van der Waals surface area contributed by atoms with Crippen molar-refractivity contribution in [3.63, 3.8) is 0 Å². The first-order chi connectivity index (χ1) is 8.25. The van der Waals surface area contributed by atoms with Gasteiger partial charge in [0.1, 0.15) is 0 Å². The van der Waals surface area contributed by atoms with Gasteiger partial charge in [0, 0.05) is 22.3 Å². The van der Waals surface area contributed by atoms with E-state index in [0.29, 0.717) is 0 Å². The Hall–Kier alpha value is -1.20. The Kier molecular flexibility index (Phi) is 2.72. The number of nitrogens with zero attached hydrogens (tertiary/aromatic N) is 3. The van der Waals surface area contributed by atoms with Crippen molar-refractivity contribution in [2.45, 2.75) is 25.3 Å². The van der Waals surface area contributed by atoms with Gasteiger partial charge in [-0.3, -0.25) is 0 Å². The Morgan fingerprint density at radius 1 is 1.35 bits per heavy atom. The Labute approximate surface area is 108 Å². The van der Waals surface area contributed by atoms with E-state index in [1.54, 1.807) is 6.20 Å². The number of hydrogen-bond donors (Lipinski definition) is 1. The summed E-state index contributed by atoms with van der Waals surface area (Å²) in [6.07, 6.45) is 6.86. The maximum Gasteiger partial charge on any atom is 0.153 e. The van der Waals surface area contributed by atoms with Crippen molar-refractivity contribution in [3.8, 4) is 5.82 Å². The van der Waals surface area contributed by atoms with Crippen molar-refractivity contribution >= 4 is 15.9 Å². The minimum absolute atomic E-state index is 0.128. The minimum atomic E-state index is 0.128. The monoisotopic (exact) mass is 292 g/mol. The van der Waals surface area contributed by atoms with Gasteiger partial charge in [0.2, 0.25) is 0 Å². The number of fused-ring (bicyclic) bond motifs is 1. The first-order valence-electron chi connectivity index (χ1n) is 5.70. The number of aromatic nitrogens is 3. The molecule has 0 amide bonds. The predicted octanol–water partition coefficient (Wildman–Crippen LogP) is 2.37. The largest absolute Gasteiger partial charge is 0.324 e. The Bertz CT molecular complexity index is 532. The average Bonchev–Trinajstić information content (AvgIpc) is 2.75. The van der Waals surface area contributed by atoms with Crippen LogP contribution in [0, 0.1) is 0 Å². The normalized spacial score (nSPS) is 19.1. The zero-order valence-corrected chi connectivity index (χ0v) is 10.9. The van der Waals surface area contributed by atoms with Gasteiger partial charge in [-0.2, -0.15) is 5.10 Å². The second-order valence-corrected chi connectivity index (χ2v) is 5.21. The predicted molar refractivity (Wildman–Crippen MR) is 68.9 cm³/mol. The molecule has 0 aromatic carbocycles. The lowest BCUT2D eigenvalue weighted by Crippen LogP contribution is -2.18. The highest BCUT2D eigenvalue weighted by atomic mass is 79.9. The molecule has 1 unspecified atom stereocenters. The molecular weight excluding hydrogens is 280 g/mol. The molecule has 0 bridgehead atoms. The molecule has 0 fully saturated rings. The van der Waals surface area contributed by atoms with Gasteiger partial charge < -0.3 is 5.73 Å². The molecule has 0 saturated heterocycles. The van der Waals surface area contributed by atoms with Gasteiger partial charge in [0.05, 0.1) is 11.9 Å². The highest BCUT2D eigenvalue weighted by Gasteiger charge is 2.22. The summed E-state index contributed by atoms with van der Waals surface area (Å²) in [5.74, 6) is 0.851. The van der Waals surface area contributed by atoms with E-state index in [1.165, 1.54) is 11.3 Å². The van der Waals surface area contributed by atoms with E-state index in [2.05, 4.69) is 26.0 Å². The molecule has 0 spiro atoms. The maximum absolute atomic E-state index is 6.08. The van der Waals surface area contributed by atoms with E-state index in [0.717, 1.165) is 29.6 Å². The lowest BCUT2D eigenvalue weighted by molar-refractivity contribution is 0.557. The molecule has 5 heteroatoms. The lowest BCUT2D eigenvalue weighted by atomic mass is 9.94. The van der Waals surface area contributed by atoms with Gasteiger partial charge in [0.25, 0.3) is 0 Å². The summed E-state index contributed by atoms with van der Waals surface area (Å²) in [7, 11) is 0. The summed E-state index contributed by atoms with van der Waals surface area (Å²) >= 11 is 3.38. The molecule has 2 N–H and O–H groups in total. The van der Waals surface area contributed by atoms with Crippen LogP contribution in [0.5, 0.6) is 0 Å². The fraction of sp³-hybridized carbons (Fsp3) is 0.333. The van der Waals surface area contributed by atoms with Crippen molar-refractivity contribution in [1.82, 2.24) is 14.8 Å². The topological polar surface area (TPSA) is 56.7 Å². The number of hydrogen-bond acceptors (Lipinski definition) is 3. The van der Waals surface area contributed by atoms with E-state index in [-0.39, 0.29) is 6.04 Å². The first kappa shape index (κ1) is 10.9. The van der Waals surface area contributed by atoms with E-state index in [4.69, 9.17) is 5.73 Å². The van der Waals surface area contributed by atoms with Crippen LogP contribution in [0.2, 0.25) is 0 Å². The van der Waals surface area contributed by atoms with Crippen LogP contribution in [-0.2, 0) is 6.42 Å². The molecule has 4 nitrogen and oxygen atoms in total. The van der Waals surface area contributed by atoms with Crippen LogP contribution in [0.4, 0.5) is 0 Å². The van der Waals surface area contributed by atoms with Gasteiger partial charge in [-0.05, 0) is 47.3 Å². The van der Waals surface area contributed by atoms with Crippen LogP contribution in [0.25, 0.3) is 5.82 Å². The summed E-state index contributed by atoms with van der Waals surface area (Å²) in [5, 5.41) is 4.41. The van der Waals surface area contributed by atoms with Gasteiger partial charge in [-0.15, -0.1) is 0 Å². The van der Waals surface area contributed by atoms with Crippen molar-refractivity contribution in [2.75, 3.05) is 0 Å². The number of rotatable bonds is 1. The van der Waals surface area contributed by atoms with Crippen molar-refractivity contribution in [3.05, 3.63) is 40.3 Å². The molecule has 88 valence electrons. The van der Waals surface area contributed by atoms with Crippen LogP contribution in [0.1, 0.15) is 30.1 Å². The Morgan fingerprint density at radius 3 is 3.00 bits per heavy atom. The molecule has 2 aromatic heterocycles.